The zero-order chi connectivity index (χ0) is 16.2. The van der Waals surface area contributed by atoms with Gasteiger partial charge in [-0.1, -0.05) is 30.3 Å². The van der Waals surface area contributed by atoms with Gasteiger partial charge < -0.3 is 14.7 Å². The molecule has 0 aromatic heterocycles. The van der Waals surface area contributed by atoms with Gasteiger partial charge in [-0.3, -0.25) is 0 Å². The van der Waals surface area contributed by atoms with Crippen LogP contribution < -0.4 is 0 Å². The van der Waals surface area contributed by atoms with Gasteiger partial charge in [-0.15, -0.1) is 0 Å². The summed E-state index contributed by atoms with van der Waals surface area (Å²) in [6.45, 7) is 11.1. The fraction of sp³-hybridized carbons (Fsp3) is 0.588. The molecule has 0 radical (unpaired) electrons. The zero-order valence-electron chi connectivity index (χ0n) is 13.8. The minimum Gasteiger partial charge on any atom is -0.438 e. The van der Waals surface area contributed by atoms with Gasteiger partial charge in [0.15, 0.2) is 6.10 Å². The lowest BCUT2D eigenvalue weighted by Crippen LogP contribution is -2.45. The highest BCUT2D eigenvalue weighted by molar-refractivity contribution is 5.68. The minimum atomic E-state index is -1.16. The van der Waals surface area contributed by atoms with E-state index in [-0.39, 0.29) is 12.1 Å². The van der Waals surface area contributed by atoms with Crippen molar-refractivity contribution in [2.24, 2.45) is 0 Å². The van der Waals surface area contributed by atoms with Crippen molar-refractivity contribution in [2.75, 3.05) is 0 Å². The summed E-state index contributed by atoms with van der Waals surface area (Å²) in [5, 5.41) is 10.3. The van der Waals surface area contributed by atoms with Crippen LogP contribution in [-0.4, -0.2) is 33.8 Å². The minimum absolute atomic E-state index is 0.0377. The van der Waals surface area contributed by atoms with Crippen LogP contribution in [0.15, 0.2) is 30.3 Å². The van der Waals surface area contributed by atoms with Crippen molar-refractivity contribution < 1.29 is 14.6 Å². The number of amides is 1. The van der Waals surface area contributed by atoms with Crippen molar-refractivity contribution in [3.63, 3.8) is 0 Å². The molecule has 1 atom stereocenters. The Kier molecular flexibility index (Phi) is 5.78. The molecule has 0 heterocycles. The number of aliphatic hydroxyl groups is 1. The Morgan fingerprint density at radius 3 is 1.95 bits per heavy atom. The normalized spacial score (nSPS) is 13.4. The number of rotatable bonds is 5. The first-order valence-corrected chi connectivity index (χ1v) is 7.40. The van der Waals surface area contributed by atoms with Crippen molar-refractivity contribution in [3.8, 4) is 0 Å². The van der Waals surface area contributed by atoms with Crippen LogP contribution in [-0.2, 0) is 4.74 Å². The highest BCUT2D eigenvalue weighted by Gasteiger charge is 2.34. The monoisotopic (exact) mass is 293 g/mol. The van der Waals surface area contributed by atoms with Crippen LogP contribution in [0.25, 0.3) is 0 Å². The van der Waals surface area contributed by atoms with E-state index in [4.69, 9.17) is 4.74 Å². The summed E-state index contributed by atoms with van der Waals surface area (Å²) in [5.74, 6) is 0. The molecule has 1 aromatic rings. The molecular formula is C17H27NO3. The first kappa shape index (κ1) is 17.5. The van der Waals surface area contributed by atoms with Crippen LogP contribution in [0, 0.1) is 0 Å². The van der Waals surface area contributed by atoms with E-state index in [9.17, 15) is 9.90 Å². The van der Waals surface area contributed by atoms with Crippen molar-refractivity contribution in [3.05, 3.63) is 35.9 Å². The number of hydrogen-bond acceptors (Lipinski definition) is 3. The summed E-state index contributed by atoms with van der Waals surface area (Å²) in [5.41, 5.74) is -0.373. The van der Waals surface area contributed by atoms with Crippen molar-refractivity contribution in [2.45, 2.75) is 65.3 Å². The molecule has 1 rings (SSSR count). The standard InChI is InChI=1S/C17H27NO3/c1-12(2)18(13(3)4)16(19)21-15(17(5,6)20)14-10-8-7-9-11-14/h7-13,15,20H,1-6H3/t15-/m0/s1. The number of ether oxygens (including phenoxy) is 1. The Morgan fingerprint density at radius 2 is 1.57 bits per heavy atom. The number of hydrogen-bond donors (Lipinski definition) is 1. The molecule has 4 heteroatoms. The lowest BCUT2D eigenvalue weighted by atomic mass is 9.95. The van der Waals surface area contributed by atoms with E-state index in [1.54, 1.807) is 18.7 Å². The number of benzene rings is 1. The van der Waals surface area contributed by atoms with Crippen LogP contribution in [0.5, 0.6) is 0 Å². The molecule has 4 nitrogen and oxygen atoms in total. The van der Waals surface area contributed by atoms with E-state index in [0.29, 0.717) is 0 Å². The van der Waals surface area contributed by atoms with Gasteiger partial charge in [0.1, 0.15) is 5.60 Å². The van der Waals surface area contributed by atoms with Gasteiger partial charge in [0.2, 0.25) is 0 Å². The number of carbonyl (C=O) groups is 1. The van der Waals surface area contributed by atoms with Gasteiger partial charge in [0.05, 0.1) is 0 Å². The summed E-state index contributed by atoms with van der Waals surface area (Å²) < 4.78 is 5.62. The van der Waals surface area contributed by atoms with Crippen LogP contribution in [0.2, 0.25) is 0 Å². The zero-order valence-corrected chi connectivity index (χ0v) is 13.8. The van der Waals surface area contributed by atoms with E-state index in [1.807, 2.05) is 58.0 Å². The predicted molar refractivity (Wildman–Crippen MR) is 84.1 cm³/mol. The molecule has 0 unspecified atom stereocenters. The third kappa shape index (κ3) is 4.74. The molecule has 0 aliphatic carbocycles. The second-order valence-electron chi connectivity index (χ2n) is 6.42. The Balaban J connectivity index is 3.00. The Bertz CT molecular complexity index is 441. The molecule has 1 amide bonds. The van der Waals surface area contributed by atoms with E-state index in [1.165, 1.54) is 0 Å². The summed E-state index contributed by atoms with van der Waals surface area (Å²) in [7, 11) is 0. The summed E-state index contributed by atoms with van der Waals surface area (Å²) in [4.78, 5) is 14.1. The van der Waals surface area contributed by atoms with Crippen LogP contribution in [0.1, 0.15) is 53.2 Å². The molecule has 1 N–H and O–H groups in total. The topological polar surface area (TPSA) is 49.8 Å². The average Bonchev–Trinajstić information content (AvgIpc) is 2.34. The van der Waals surface area contributed by atoms with Crippen molar-refractivity contribution in [1.82, 2.24) is 4.90 Å². The van der Waals surface area contributed by atoms with Crippen LogP contribution in [0.4, 0.5) is 4.79 Å². The van der Waals surface area contributed by atoms with Gasteiger partial charge in [0.25, 0.3) is 0 Å². The lowest BCUT2D eigenvalue weighted by molar-refractivity contribution is -0.0696. The molecule has 0 saturated carbocycles. The number of carbonyl (C=O) groups excluding carboxylic acids is 1. The summed E-state index contributed by atoms with van der Waals surface area (Å²) in [6.07, 6.45) is -1.11. The maximum Gasteiger partial charge on any atom is 0.410 e. The molecule has 0 fully saturated rings. The van der Waals surface area contributed by atoms with Crippen LogP contribution >= 0.6 is 0 Å². The van der Waals surface area contributed by atoms with E-state index >= 15 is 0 Å². The smallest absolute Gasteiger partial charge is 0.410 e. The number of nitrogens with zero attached hydrogens (tertiary/aromatic N) is 1. The highest BCUT2D eigenvalue weighted by atomic mass is 16.6. The quantitative estimate of drug-likeness (QED) is 0.899. The van der Waals surface area contributed by atoms with Gasteiger partial charge in [-0.05, 0) is 47.1 Å². The maximum atomic E-state index is 12.4. The van der Waals surface area contributed by atoms with E-state index in [0.717, 1.165) is 5.56 Å². The Hall–Kier alpha value is -1.55. The van der Waals surface area contributed by atoms with Crippen molar-refractivity contribution in [1.29, 1.82) is 0 Å². The Morgan fingerprint density at radius 1 is 1.10 bits per heavy atom. The molecular weight excluding hydrogens is 266 g/mol. The molecule has 1 aromatic carbocycles. The van der Waals surface area contributed by atoms with Gasteiger partial charge in [0, 0.05) is 12.1 Å². The summed E-state index contributed by atoms with van der Waals surface area (Å²) >= 11 is 0. The lowest BCUT2D eigenvalue weighted by Gasteiger charge is -2.35. The van der Waals surface area contributed by atoms with Crippen molar-refractivity contribution >= 4 is 6.09 Å². The molecule has 0 saturated heterocycles. The molecule has 0 aliphatic rings. The predicted octanol–water partition coefficient (Wildman–Crippen LogP) is 3.75. The molecule has 0 bridgehead atoms. The molecule has 0 spiro atoms. The van der Waals surface area contributed by atoms with E-state index in [2.05, 4.69) is 0 Å². The molecule has 0 aliphatic heterocycles. The first-order chi connectivity index (χ1) is 9.64. The second kappa shape index (κ2) is 6.94. The average molecular weight is 293 g/mol. The van der Waals surface area contributed by atoms with Gasteiger partial charge in [-0.2, -0.15) is 0 Å². The second-order valence-corrected chi connectivity index (χ2v) is 6.42. The maximum absolute atomic E-state index is 12.4. The van der Waals surface area contributed by atoms with Gasteiger partial charge in [-0.25, -0.2) is 4.79 Å². The Labute approximate surface area is 127 Å². The summed E-state index contributed by atoms with van der Waals surface area (Å²) in [6, 6.07) is 9.40. The third-order valence-corrected chi connectivity index (χ3v) is 3.29. The first-order valence-electron chi connectivity index (χ1n) is 7.40. The van der Waals surface area contributed by atoms with Crippen LogP contribution in [0.3, 0.4) is 0 Å². The fourth-order valence-electron chi connectivity index (χ4n) is 2.43. The largest absolute Gasteiger partial charge is 0.438 e. The van der Waals surface area contributed by atoms with Gasteiger partial charge >= 0.3 is 6.09 Å². The fourth-order valence-corrected chi connectivity index (χ4v) is 2.43. The molecule has 118 valence electrons. The SMILES string of the molecule is CC(C)N(C(=O)O[C@@H](c1ccccc1)C(C)(C)O)C(C)C. The highest BCUT2D eigenvalue weighted by Crippen LogP contribution is 2.30. The van der Waals surface area contributed by atoms with E-state index < -0.39 is 17.8 Å². The third-order valence-electron chi connectivity index (χ3n) is 3.29. The molecule has 21 heavy (non-hydrogen) atoms.